The quantitative estimate of drug-likeness (QED) is 0.437. The monoisotopic (exact) mass is 335 g/mol. The van der Waals surface area contributed by atoms with Crippen molar-refractivity contribution in [3.63, 3.8) is 0 Å². The Morgan fingerprint density at radius 2 is 1.29 bits per heavy atom. The van der Waals surface area contributed by atoms with E-state index in [1.54, 1.807) is 0 Å². The first kappa shape index (κ1) is 21.2. The molecule has 140 valence electrons. The zero-order valence-electron chi connectivity index (χ0n) is 17.2. The van der Waals surface area contributed by atoms with Gasteiger partial charge in [0, 0.05) is 12.7 Å². The normalized spacial score (nSPS) is 12.8. The highest BCUT2D eigenvalue weighted by molar-refractivity contribution is 4.92. The Bertz CT molecular complexity index is 435. The third-order valence-corrected chi connectivity index (χ3v) is 4.51. The number of rotatable bonds is 11. The Morgan fingerprint density at radius 1 is 0.750 bits per heavy atom. The zero-order valence-corrected chi connectivity index (χ0v) is 17.2. The van der Waals surface area contributed by atoms with E-state index in [4.69, 9.17) is 0 Å². The number of hydrogen-bond donors (Lipinski definition) is 0. The van der Waals surface area contributed by atoms with E-state index in [0.717, 1.165) is 13.0 Å². The van der Waals surface area contributed by atoms with Crippen molar-refractivity contribution in [3.05, 3.63) is 11.9 Å². The molecule has 1 heterocycles. The molecule has 0 atom stereocenters. The second-order valence-corrected chi connectivity index (χ2v) is 9.82. The lowest BCUT2D eigenvalue weighted by Gasteiger charge is -2.17. The Hall–Kier alpha value is -0.860. The molecule has 0 aliphatic carbocycles. The fraction of sp³-hybridized carbons (Fsp3) is 0.905. The molecule has 0 radical (unpaired) electrons. The smallest absolute Gasteiger partial charge is 0.0827 e. The second-order valence-electron chi connectivity index (χ2n) is 9.82. The van der Waals surface area contributed by atoms with Crippen LogP contribution in [0.25, 0.3) is 0 Å². The molecular weight excluding hydrogens is 294 g/mol. The summed E-state index contributed by atoms with van der Waals surface area (Å²) in [5.74, 6) is 0. The largest absolute Gasteiger partial charge is 0.252 e. The van der Waals surface area contributed by atoms with E-state index in [1.807, 2.05) is 4.68 Å². The predicted octanol–water partition coefficient (Wildman–Crippen LogP) is 6.42. The molecule has 3 nitrogen and oxygen atoms in total. The van der Waals surface area contributed by atoms with Gasteiger partial charge in [-0.15, -0.1) is 5.10 Å². The highest BCUT2D eigenvalue weighted by Crippen LogP contribution is 2.23. The van der Waals surface area contributed by atoms with Gasteiger partial charge in [0.1, 0.15) is 0 Å². The Kier molecular flexibility index (Phi) is 9.01. The lowest BCUT2D eigenvalue weighted by molar-refractivity contribution is 0.355. The lowest BCUT2D eigenvalue weighted by Crippen LogP contribution is -2.04. The van der Waals surface area contributed by atoms with E-state index in [2.05, 4.69) is 58.1 Å². The van der Waals surface area contributed by atoms with Crippen LogP contribution in [0.5, 0.6) is 0 Å². The molecule has 0 saturated carbocycles. The van der Waals surface area contributed by atoms with E-state index in [-0.39, 0.29) is 0 Å². The number of aryl methyl sites for hydroxylation is 2. The first-order valence-corrected chi connectivity index (χ1v) is 10.0. The van der Waals surface area contributed by atoms with Crippen LogP contribution in [-0.4, -0.2) is 15.0 Å². The van der Waals surface area contributed by atoms with Gasteiger partial charge >= 0.3 is 0 Å². The van der Waals surface area contributed by atoms with Gasteiger partial charge in [-0.3, -0.25) is 4.68 Å². The van der Waals surface area contributed by atoms with Crippen LogP contribution < -0.4 is 0 Å². The summed E-state index contributed by atoms with van der Waals surface area (Å²) in [5, 5.41) is 8.60. The Balaban J connectivity index is 2.07. The minimum atomic E-state index is 0.468. The molecule has 1 aromatic heterocycles. The summed E-state index contributed by atoms with van der Waals surface area (Å²) < 4.78 is 2.04. The summed E-state index contributed by atoms with van der Waals surface area (Å²) in [7, 11) is 0. The number of nitrogens with zero attached hydrogens (tertiary/aromatic N) is 3. The summed E-state index contributed by atoms with van der Waals surface area (Å²) in [4.78, 5) is 0. The van der Waals surface area contributed by atoms with E-state index >= 15 is 0 Å². The third-order valence-electron chi connectivity index (χ3n) is 4.51. The van der Waals surface area contributed by atoms with Gasteiger partial charge in [-0.2, -0.15) is 0 Å². The minimum absolute atomic E-state index is 0.468. The van der Waals surface area contributed by atoms with Crippen LogP contribution in [0.2, 0.25) is 0 Å². The van der Waals surface area contributed by atoms with Crippen molar-refractivity contribution in [1.82, 2.24) is 15.0 Å². The average Bonchev–Trinajstić information content (AvgIpc) is 2.88. The van der Waals surface area contributed by atoms with Gasteiger partial charge in [0.05, 0.1) is 5.69 Å². The van der Waals surface area contributed by atoms with Gasteiger partial charge in [0.25, 0.3) is 0 Å². The van der Waals surface area contributed by atoms with Crippen molar-refractivity contribution < 1.29 is 0 Å². The van der Waals surface area contributed by atoms with Crippen LogP contribution in [0, 0.1) is 10.8 Å². The maximum absolute atomic E-state index is 4.32. The molecule has 0 spiro atoms. The van der Waals surface area contributed by atoms with E-state index < -0.39 is 0 Å². The summed E-state index contributed by atoms with van der Waals surface area (Å²) >= 11 is 0. The van der Waals surface area contributed by atoms with Crippen LogP contribution in [0.4, 0.5) is 0 Å². The van der Waals surface area contributed by atoms with E-state index in [9.17, 15) is 0 Å². The van der Waals surface area contributed by atoms with Gasteiger partial charge < -0.3 is 0 Å². The van der Waals surface area contributed by atoms with Crippen molar-refractivity contribution >= 4 is 0 Å². The van der Waals surface area contributed by atoms with E-state index in [1.165, 1.54) is 63.5 Å². The maximum atomic E-state index is 4.32. The fourth-order valence-electron chi connectivity index (χ4n) is 2.98. The Morgan fingerprint density at radius 3 is 1.88 bits per heavy atom. The summed E-state index contributed by atoms with van der Waals surface area (Å²) in [6.45, 7) is 15.0. The predicted molar refractivity (Wildman–Crippen MR) is 104 cm³/mol. The maximum Gasteiger partial charge on any atom is 0.0827 e. The highest BCUT2D eigenvalue weighted by atomic mass is 15.4. The van der Waals surface area contributed by atoms with Crippen LogP contribution in [0.15, 0.2) is 6.20 Å². The highest BCUT2D eigenvalue weighted by Gasteiger charge is 2.10. The van der Waals surface area contributed by atoms with Gasteiger partial charge in [-0.1, -0.05) is 78.9 Å². The molecule has 0 saturated heterocycles. The SMILES string of the molecule is CC(C)(C)CCCCCCn1cc(CCCCCC(C)(C)C)nn1. The van der Waals surface area contributed by atoms with Crippen molar-refractivity contribution in [2.45, 2.75) is 112 Å². The molecule has 0 unspecified atom stereocenters. The standard InChI is InChI=1S/C21H41N3/c1-20(2,3)15-11-7-8-13-17-24-18-19(22-23-24)14-10-9-12-16-21(4,5)6/h18H,7-17H2,1-6H3. The molecule has 0 aliphatic rings. The van der Waals surface area contributed by atoms with Gasteiger partial charge in [-0.05, 0) is 42.9 Å². The van der Waals surface area contributed by atoms with Crippen LogP contribution in [-0.2, 0) is 13.0 Å². The first-order chi connectivity index (χ1) is 11.2. The molecule has 24 heavy (non-hydrogen) atoms. The summed E-state index contributed by atoms with van der Waals surface area (Å²) in [6, 6.07) is 0. The second kappa shape index (κ2) is 10.2. The fourth-order valence-corrected chi connectivity index (χ4v) is 2.98. The van der Waals surface area contributed by atoms with Gasteiger partial charge in [-0.25, -0.2) is 0 Å². The van der Waals surface area contributed by atoms with Crippen molar-refractivity contribution in [2.75, 3.05) is 0 Å². The zero-order chi connectivity index (χ0) is 18.1. The van der Waals surface area contributed by atoms with Crippen LogP contribution >= 0.6 is 0 Å². The molecule has 1 rings (SSSR count). The number of aromatic nitrogens is 3. The molecule has 0 fully saturated rings. The molecule has 0 N–H and O–H groups in total. The van der Waals surface area contributed by atoms with Crippen molar-refractivity contribution in [1.29, 1.82) is 0 Å². The molecule has 0 aromatic carbocycles. The molecule has 1 aromatic rings. The number of unbranched alkanes of at least 4 members (excludes halogenated alkanes) is 5. The topological polar surface area (TPSA) is 30.7 Å². The number of hydrogen-bond acceptors (Lipinski definition) is 2. The Labute approximate surface area is 150 Å². The molecular formula is C21H41N3. The van der Waals surface area contributed by atoms with Gasteiger partial charge in [0.2, 0.25) is 0 Å². The van der Waals surface area contributed by atoms with Crippen LogP contribution in [0.1, 0.15) is 105 Å². The molecule has 3 heteroatoms. The minimum Gasteiger partial charge on any atom is -0.252 e. The summed E-state index contributed by atoms with van der Waals surface area (Å²) in [6.07, 6.45) is 15.0. The summed E-state index contributed by atoms with van der Waals surface area (Å²) in [5.41, 5.74) is 2.11. The van der Waals surface area contributed by atoms with Crippen molar-refractivity contribution in [3.8, 4) is 0 Å². The van der Waals surface area contributed by atoms with Crippen molar-refractivity contribution in [2.24, 2.45) is 10.8 Å². The first-order valence-electron chi connectivity index (χ1n) is 10.0. The lowest BCUT2D eigenvalue weighted by atomic mass is 9.89. The average molecular weight is 336 g/mol. The van der Waals surface area contributed by atoms with Crippen LogP contribution in [0.3, 0.4) is 0 Å². The van der Waals surface area contributed by atoms with E-state index in [0.29, 0.717) is 10.8 Å². The molecule has 0 aliphatic heterocycles. The third kappa shape index (κ3) is 11.6. The van der Waals surface area contributed by atoms with Gasteiger partial charge in [0.15, 0.2) is 0 Å². The molecule has 0 amide bonds. The molecule has 0 bridgehead atoms.